The van der Waals surface area contributed by atoms with E-state index in [9.17, 15) is 24.0 Å². The van der Waals surface area contributed by atoms with Gasteiger partial charge in [0.15, 0.2) is 6.79 Å². The van der Waals surface area contributed by atoms with Crippen molar-refractivity contribution in [1.82, 2.24) is 0 Å². The molecule has 0 saturated carbocycles. The molecule has 0 unspecified atom stereocenters. The first-order valence-corrected chi connectivity index (χ1v) is 22.4. The number of hydrogen-bond acceptors (Lipinski definition) is 15. The van der Waals surface area contributed by atoms with Gasteiger partial charge in [-0.25, -0.2) is 0 Å². The zero-order valence-electron chi connectivity index (χ0n) is 43.7. The molecule has 0 heterocycles. The Labute approximate surface area is 434 Å². The van der Waals surface area contributed by atoms with Crippen LogP contribution in [-0.2, 0) is 76.4 Å². The number of benzene rings is 5. The summed E-state index contributed by atoms with van der Waals surface area (Å²) in [5.74, 6) is 1.37. The van der Waals surface area contributed by atoms with E-state index < -0.39 is 0 Å². The monoisotopic (exact) mass is 1020 g/mol. The SMILES string of the molecule is C.C.COCCOC(C)=O.COCOC(C)=O.COCc1ccc(COC(C)=O)cc1.COc1ccc(C(C)(C)c2ccc(OC(C)=O)cc2)cc1.COc1ccc(C(C)(C)c2ccc(OC(C)=O)cc2)cc1. The van der Waals surface area contributed by atoms with Crippen LogP contribution in [-0.4, -0.2) is 85.4 Å². The second-order valence-electron chi connectivity index (χ2n) is 16.3. The van der Waals surface area contributed by atoms with E-state index in [0.29, 0.717) is 37.9 Å². The number of carbonyl (C=O) groups is 5. The van der Waals surface area contributed by atoms with E-state index in [0.717, 1.165) is 33.8 Å². The smallest absolute Gasteiger partial charge is 0.308 e. The van der Waals surface area contributed by atoms with E-state index >= 15 is 0 Å². The third-order valence-electron chi connectivity index (χ3n) is 10.0. The lowest BCUT2D eigenvalue weighted by molar-refractivity contribution is -0.151. The van der Waals surface area contributed by atoms with Gasteiger partial charge in [-0.3, -0.25) is 24.0 Å². The first kappa shape index (κ1) is 68.0. The van der Waals surface area contributed by atoms with Crippen LogP contribution < -0.4 is 18.9 Å². The van der Waals surface area contributed by atoms with Gasteiger partial charge in [-0.05, 0) is 81.9 Å². The van der Waals surface area contributed by atoms with Gasteiger partial charge >= 0.3 is 29.8 Å². The first-order chi connectivity index (χ1) is 33.6. The molecule has 73 heavy (non-hydrogen) atoms. The summed E-state index contributed by atoms with van der Waals surface area (Å²) in [6.07, 6.45) is 0. The van der Waals surface area contributed by atoms with Crippen molar-refractivity contribution in [3.05, 3.63) is 155 Å². The minimum absolute atomic E-state index is 0. The highest BCUT2D eigenvalue weighted by molar-refractivity contribution is 5.70. The van der Waals surface area contributed by atoms with Gasteiger partial charge in [-0.2, -0.15) is 0 Å². The van der Waals surface area contributed by atoms with Gasteiger partial charge in [0.25, 0.3) is 0 Å². The van der Waals surface area contributed by atoms with Gasteiger partial charge in [0.05, 0.1) is 27.4 Å². The standard InChI is InChI=1S/2C18H20O3.C11H14O3.C5H10O3.C4H8O3.2CH4/c2*1-13(19)21-17-11-7-15(8-12-17)18(2,3)14-5-9-16(20-4)10-6-14;1-9(12)14-8-11-5-3-10(4-6-11)7-13-2;1-5(6)8-4-3-7-2;1-4(5)7-3-6-2;;/h2*5-12H,1-4H3;3-6H,7-8H2,1-2H3;3-4H2,1-2H3;3H2,1-2H3;2*1H4. The Bertz CT molecular complexity index is 2190. The van der Waals surface area contributed by atoms with Crippen molar-refractivity contribution in [3.8, 4) is 23.0 Å². The summed E-state index contributed by atoms with van der Waals surface area (Å²) in [6.45, 7) is 17.4. The largest absolute Gasteiger partial charge is 0.497 e. The maximum absolute atomic E-state index is 10.9. The first-order valence-electron chi connectivity index (χ1n) is 22.4. The summed E-state index contributed by atoms with van der Waals surface area (Å²) in [4.78, 5) is 52.4. The fraction of sp³-hybridized carbons (Fsp3) is 0.397. The van der Waals surface area contributed by atoms with Gasteiger partial charge in [0, 0.05) is 66.8 Å². The Balaban J connectivity index is 0. The lowest BCUT2D eigenvalue weighted by Gasteiger charge is -2.26. The molecule has 0 radical (unpaired) electrons. The van der Waals surface area contributed by atoms with Crippen molar-refractivity contribution in [1.29, 1.82) is 0 Å². The molecule has 0 aliphatic rings. The van der Waals surface area contributed by atoms with Crippen LogP contribution in [0.15, 0.2) is 121 Å². The van der Waals surface area contributed by atoms with Crippen LogP contribution in [0.4, 0.5) is 0 Å². The molecule has 15 nitrogen and oxygen atoms in total. The number of rotatable bonds is 17. The maximum Gasteiger partial charge on any atom is 0.308 e. The van der Waals surface area contributed by atoms with Gasteiger partial charge in [0.2, 0.25) is 0 Å². The lowest BCUT2D eigenvalue weighted by Crippen LogP contribution is -2.18. The lowest BCUT2D eigenvalue weighted by atomic mass is 9.78. The number of hydrogen-bond donors (Lipinski definition) is 0. The highest BCUT2D eigenvalue weighted by atomic mass is 16.7. The summed E-state index contributed by atoms with van der Waals surface area (Å²) >= 11 is 0. The van der Waals surface area contributed by atoms with Gasteiger partial charge in [-0.15, -0.1) is 0 Å². The van der Waals surface area contributed by atoms with Crippen LogP contribution >= 0.6 is 0 Å². The molecule has 0 aliphatic carbocycles. The van der Waals surface area contributed by atoms with Crippen LogP contribution in [0.3, 0.4) is 0 Å². The Morgan fingerprint density at radius 2 is 0.671 bits per heavy atom. The molecule has 0 fully saturated rings. The summed E-state index contributed by atoms with van der Waals surface area (Å²) in [5.41, 5.74) is 6.53. The van der Waals surface area contributed by atoms with Crippen molar-refractivity contribution in [3.63, 3.8) is 0 Å². The molecule has 0 amide bonds. The van der Waals surface area contributed by atoms with E-state index in [1.54, 1.807) is 28.4 Å². The predicted molar refractivity (Wildman–Crippen MR) is 284 cm³/mol. The van der Waals surface area contributed by atoms with Gasteiger partial charge < -0.3 is 47.4 Å². The third kappa shape index (κ3) is 27.9. The number of carbonyl (C=O) groups excluding carboxylic acids is 5. The topological polar surface area (TPSA) is 178 Å². The molecule has 0 aliphatic heterocycles. The van der Waals surface area contributed by atoms with Crippen molar-refractivity contribution in [2.75, 3.05) is 55.6 Å². The average molecular weight is 1020 g/mol. The minimum atomic E-state index is -0.318. The van der Waals surface area contributed by atoms with Crippen LogP contribution in [0.2, 0.25) is 0 Å². The van der Waals surface area contributed by atoms with Crippen molar-refractivity contribution < 1.29 is 71.3 Å². The van der Waals surface area contributed by atoms with Crippen LogP contribution in [0, 0.1) is 0 Å². The second-order valence-corrected chi connectivity index (χ2v) is 16.3. The molecule has 15 heteroatoms. The minimum Gasteiger partial charge on any atom is -0.497 e. The molecule has 0 saturated heterocycles. The predicted octanol–water partition coefficient (Wildman–Crippen LogP) is 11.4. The van der Waals surface area contributed by atoms with Crippen molar-refractivity contribution in [2.45, 2.75) is 101 Å². The van der Waals surface area contributed by atoms with Crippen LogP contribution in [0.1, 0.15) is 111 Å². The van der Waals surface area contributed by atoms with Crippen molar-refractivity contribution >= 4 is 29.8 Å². The normalized spacial score (nSPS) is 10.0. The summed E-state index contributed by atoms with van der Waals surface area (Å²) < 4.78 is 48.2. The van der Waals surface area contributed by atoms with Gasteiger partial charge in [0.1, 0.15) is 36.2 Å². The van der Waals surface area contributed by atoms with Crippen LogP contribution in [0.5, 0.6) is 23.0 Å². The molecule has 0 bridgehead atoms. The maximum atomic E-state index is 10.9. The molecule has 5 aromatic carbocycles. The molecule has 0 spiro atoms. The fourth-order valence-electron chi connectivity index (χ4n) is 6.05. The molecular formula is C58H80O15. The Morgan fingerprint density at radius 1 is 0.356 bits per heavy atom. The summed E-state index contributed by atoms with van der Waals surface area (Å²) in [7, 11) is 8.00. The van der Waals surface area contributed by atoms with E-state index in [1.165, 1.54) is 52.9 Å². The van der Waals surface area contributed by atoms with E-state index in [-0.39, 0.29) is 62.3 Å². The Kier molecular flexibility index (Phi) is 34.3. The number of esters is 5. The van der Waals surface area contributed by atoms with E-state index in [1.807, 2.05) is 97.1 Å². The number of ether oxygens (including phenoxy) is 10. The fourth-order valence-corrected chi connectivity index (χ4v) is 6.05. The Hall–Kier alpha value is -7.07. The van der Waals surface area contributed by atoms with Gasteiger partial charge in [-0.1, -0.05) is 115 Å². The molecule has 0 N–H and O–H groups in total. The molecule has 5 aromatic rings. The van der Waals surface area contributed by atoms with E-state index in [4.69, 9.17) is 28.4 Å². The van der Waals surface area contributed by atoms with Crippen molar-refractivity contribution in [2.24, 2.45) is 0 Å². The summed E-state index contributed by atoms with van der Waals surface area (Å²) in [6, 6.07) is 39.1. The third-order valence-corrected chi connectivity index (χ3v) is 10.0. The van der Waals surface area contributed by atoms with Crippen LogP contribution in [0.25, 0.3) is 0 Å². The summed E-state index contributed by atoms with van der Waals surface area (Å²) in [5, 5.41) is 0. The quantitative estimate of drug-likeness (QED) is 0.0282. The highest BCUT2D eigenvalue weighted by Gasteiger charge is 2.24. The molecule has 5 rings (SSSR count). The van der Waals surface area contributed by atoms with E-state index in [2.05, 4.69) is 70.9 Å². The highest BCUT2D eigenvalue weighted by Crippen LogP contribution is 2.34. The second kappa shape index (κ2) is 36.8. The zero-order valence-corrected chi connectivity index (χ0v) is 43.7. The molecule has 402 valence electrons. The molecular weight excluding hydrogens is 937 g/mol. The molecule has 0 atom stereocenters. The number of methoxy groups -OCH3 is 5. The zero-order chi connectivity index (χ0) is 53.4. The average Bonchev–Trinajstić information content (AvgIpc) is 3.34. The Morgan fingerprint density at radius 3 is 0.918 bits per heavy atom. The molecule has 0 aromatic heterocycles.